The fraction of sp³-hybridized carbons (Fsp3) is 1.00. The zero-order valence-electron chi connectivity index (χ0n) is 9.33. The number of aliphatic hydroxyl groups is 1. The number of hydrogen-bond donors (Lipinski definition) is 2. The van der Waals surface area contributed by atoms with E-state index < -0.39 is 0 Å². The van der Waals surface area contributed by atoms with Crippen molar-refractivity contribution in [3.63, 3.8) is 0 Å². The molecule has 84 valence electrons. The summed E-state index contributed by atoms with van der Waals surface area (Å²) in [6.45, 7) is 3.72. The fourth-order valence-corrected chi connectivity index (χ4v) is 2.11. The van der Waals surface area contributed by atoms with Crippen LogP contribution in [0.25, 0.3) is 0 Å². The van der Waals surface area contributed by atoms with Crippen LogP contribution in [-0.4, -0.2) is 37.5 Å². The molecular formula is C11H23NO2. The van der Waals surface area contributed by atoms with Crippen LogP contribution >= 0.6 is 0 Å². The van der Waals surface area contributed by atoms with Gasteiger partial charge in [0.1, 0.15) is 0 Å². The van der Waals surface area contributed by atoms with Gasteiger partial charge in [0.25, 0.3) is 0 Å². The van der Waals surface area contributed by atoms with E-state index in [-0.39, 0.29) is 18.1 Å². The first kappa shape index (κ1) is 12.0. The zero-order chi connectivity index (χ0) is 10.4. The molecule has 0 aliphatic carbocycles. The molecule has 0 aromatic carbocycles. The lowest BCUT2D eigenvalue weighted by molar-refractivity contribution is 0.0311. The largest absolute Gasteiger partial charge is 0.391 e. The van der Waals surface area contributed by atoms with Gasteiger partial charge in [-0.05, 0) is 19.4 Å². The number of rotatable bonds is 4. The van der Waals surface area contributed by atoms with Crippen LogP contribution in [0.3, 0.4) is 0 Å². The number of methoxy groups -OCH3 is 1. The van der Waals surface area contributed by atoms with E-state index >= 15 is 0 Å². The van der Waals surface area contributed by atoms with Crippen LogP contribution in [0.1, 0.15) is 32.6 Å². The second-order valence-corrected chi connectivity index (χ2v) is 4.33. The Labute approximate surface area is 86.8 Å². The molecule has 1 heterocycles. The topological polar surface area (TPSA) is 41.5 Å². The predicted octanol–water partition coefficient (Wildman–Crippen LogP) is 1.16. The number of hydrogen-bond acceptors (Lipinski definition) is 3. The maximum atomic E-state index is 10.1. The van der Waals surface area contributed by atoms with Gasteiger partial charge in [-0.15, -0.1) is 0 Å². The summed E-state index contributed by atoms with van der Waals surface area (Å²) in [5.41, 5.74) is 0. The van der Waals surface area contributed by atoms with Crippen LogP contribution in [0.5, 0.6) is 0 Å². The average Bonchev–Trinajstić information content (AvgIpc) is 2.45. The molecule has 1 aliphatic heterocycles. The van der Waals surface area contributed by atoms with E-state index in [9.17, 15) is 5.11 Å². The fourth-order valence-electron chi connectivity index (χ4n) is 2.11. The van der Waals surface area contributed by atoms with Gasteiger partial charge in [0.15, 0.2) is 0 Å². The monoisotopic (exact) mass is 201 g/mol. The van der Waals surface area contributed by atoms with Gasteiger partial charge in [-0.1, -0.05) is 19.8 Å². The van der Waals surface area contributed by atoms with Gasteiger partial charge in [0.05, 0.1) is 12.7 Å². The minimum atomic E-state index is -0.270. The Balaban J connectivity index is 2.36. The molecule has 3 nitrogen and oxygen atoms in total. The minimum absolute atomic E-state index is 0.218. The molecule has 1 rings (SSSR count). The van der Waals surface area contributed by atoms with Crippen LogP contribution in [0.15, 0.2) is 0 Å². The van der Waals surface area contributed by atoms with E-state index in [0.717, 1.165) is 13.0 Å². The Morgan fingerprint density at radius 3 is 2.93 bits per heavy atom. The quantitative estimate of drug-likeness (QED) is 0.717. The van der Waals surface area contributed by atoms with E-state index in [1.54, 1.807) is 7.11 Å². The molecule has 0 amide bonds. The van der Waals surface area contributed by atoms with Crippen molar-refractivity contribution in [2.24, 2.45) is 5.92 Å². The molecule has 2 N–H and O–H groups in total. The lowest BCUT2D eigenvalue weighted by atomic mass is 9.95. The summed E-state index contributed by atoms with van der Waals surface area (Å²) in [4.78, 5) is 0. The predicted molar refractivity (Wildman–Crippen MR) is 57.3 cm³/mol. The Morgan fingerprint density at radius 1 is 1.43 bits per heavy atom. The molecule has 0 aromatic rings. The number of ether oxygens (including phenoxy) is 1. The minimum Gasteiger partial charge on any atom is -0.391 e. The van der Waals surface area contributed by atoms with Crippen LogP contribution in [0.4, 0.5) is 0 Å². The van der Waals surface area contributed by atoms with E-state index in [1.165, 1.54) is 19.3 Å². The first-order valence-electron chi connectivity index (χ1n) is 5.66. The lowest BCUT2D eigenvalue weighted by Gasteiger charge is -2.27. The van der Waals surface area contributed by atoms with Crippen molar-refractivity contribution in [3.8, 4) is 0 Å². The van der Waals surface area contributed by atoms with Crippen molar-refractivity contribution in [1.29, 1.82) is 0 Å². The summed E-state index contributed by atoms with van der Waals surface area (Å²) < 4.78 is 5.06. The van der Waals surface area contributed by atoms with Crippen molar-refractivity contribution in [1.82, 2.24) is 5.32 Å². The summed E-state index contributed by atoms with van der Waals surface area (Å²) in [7, 11) is 1.68. The summed E-state index contributed by atoms with van der Waals surface area (Å²) >= 11 is 0. The van der Waals surface area contributed by atoms with Crippen molar-refractivity contribution < 1.29 is 9.84 Å². The first-order chi connectivity index (χ1) is 6.75. The second-order valence-electron chi connectivity index (χ2n) is 4.33. The van der Waals surface area contributed by atoms with Gasteiger partial charge >= 0.3 is 0 Å². The van der Waals surface area contributed by atoms with Crippen molar-refractivity contribution >= 4 is 0 Å². The van der Waals surface area contributed by atoms with Crippen LogP contribution in [0.2, 0.25) is 0 Å². The third-order valence-electron chi connectivity index (χ3n) is 3.02. The standard InChI is InChI=1S/C11H23NO2/c1-9(8-14-2)11(13)10-6-4-3-5-7-12-10/h9-13H,3-8H2,1-2H3. The molecule has 1 saturated heterocycles. The summed E-state index contributed by atoms with van der Waals surface area (Å²) in [6.07, 6.45) is 4.58. The Morgan fingerprint density at radius 2 is 2.21 bits per heavy atom. The van der Waals surface area contributed by atoms with E-state index in [0.29, 0.717) is 6.61 Å². The normalized spacial score (nSPS) is 28.1. The summed E-state index contributed by atoms with van der Waals surface area (Å²) in [5.74, 6) is 0.218. The molecule has 0 aromatic heterocycles. The van der Waals surface area contributed by atoms with Gasteiger partial charge in [-0.3, -0.25) is 0 Å². The molecule has 0 radical (unpaired) electrons. The smallest absolute Gasteiger partial charge is 0.0740 e. The molecule has 3 unspecified atom stereocenters. The van der Waals surface area contributed by atoms with Crippen LogP contribution < -0.4 is 5.32 Å². The second kappa shape index (κ2) is 6.38. The van der Waals surface area contributed by atoms with Gasteiger partial charge in [-0.25, -0.2) is 0 Å². The Hall–Kier alpha value is -0.120. The SMILES string of the molecule is COCC(C)C(O)C1CCCCCN1. The first-order valence-corrected chi connectivity index (χ1v) is 5.66. The Bertz CT molecular complexity index is 144. The van der Waals surface area contributed by atoms with Crippen molar-refractivity contribution in [2.45, 2.75) is 44.8 Å². The Kier molecular flexibility index (Phi) is 5.45. The maximum Gasteiger partial charge on any atom is 0.0740 e. The summed E-state index contributed by atoms with van der Waals surface area (Å²) in [6, 6.07) is 0.266. The molecule has 0 bridgehead atoms. The van der Waals surface area contributed by atoms with E-state index in [1.807, 2.05) is 6.92 Å². The van der Waals surface area contributed by atoms with Crippen molar-refractivity contribution in [3.05, 3.63) is 0 Å². The van der Waals surface area contributed by atoms with Gasteiger partial charge in [0.2, 0.25) is 0 Å². The molecule has 1 aliphatic rings. The summed E-state index contributed by atoms with van der Waals surface area (Å²) in [5, 5.41) is 13.5. The third kappa shape index (κ3) is 3.56. The van der Waals surface area contributed by atoms with Crippen molar-refractivity contribution in [2.75, 3.05) is 20.3 Å². The average molecular weight is 201 g/mol. The molecule has 3 atom stereocenters. The van der Waals surface area contributed by atoms with Gasteiger partial charge < -0.3 is 15.2 Å². The van der Waals surface area contributed by atoms with Crippen LogP contribution in [-0.2, 0) is 4.74 Å². The van der Waals surface area contributed by atoms with E-state index in [4.69, 9.17) is 4.74 Å². The maximum absolute atomic E-state index is 10.1. The highest BCUT2D eigenvalue weighted by atomic mass is 16.5. The van der Waals surface area contributed by atoms with Gasteiger partial charge in [-0.2, -0.15) is 0 Å². The molecule has 1 fully saturated rings. The molecule has 14 heavy (non-hydrogen) atoms. The zero-order valence-corrected chi connectivity index (χ0v) is 9.33. The van der Waals surface area contributed by atoms with Gasteiger partial charge in [0, 0.05) is 19.1 Å². The molecule has 3 heteroatoms. The van der Waals surface area contributed by atoms with Crippen LogP contribution in [0, 0.1) is 5.92 Å². The van der Waals surface area contributed by atoms with E-state index in [2.05, 4.69) is 5.32 Å². The number of nitrogens with one attached hydrogen (secondary N) is 1. The molecular weight excluding hydrogens is 178 g/mol. The molecule has 0 saturated carbocycles. The highest BCUT2D eigenvalue weighted by Gasteiger charge is 2.24. The third-order valence-corrected chi connectivity index (χ3v) is 3.02. The highest BCUT2D eigenvalue weighted by Crippen LogP contribution is 2.16. The number of aliphatic hydroxyl groups excluding tert-OH is 1. The lowest BCUT2D eigenvalue weighted by Crippen LogP contribution is -2.43. The highest BCUT2D eigenvalue weighted by molar-refractivity contribution is 4.81. The molecule has 0 spiro atoms.